The molecule has 1 atom stereocenters. The highest BCUT2D eigenvalue weighted by atomic mass is 32.1. The summed E-state index contributed by atoms with van der Waals surface area (Å²) in [5.74, 6) is -0.734. The molecule has 4 heterocycles. The smallest absolute Gasteiger partial charge is 0.358 e. The van der Waals surface area contributed by atoms with E-state index in [9.17, 15) is 14.4 Å². The number of carbonyl (C=O) groups excluding carboxylic acids is 3. The van der Waals surface area contributed by atoms with E-state index in [0.717, 1.165) is 21.3 Å². The quantitative estimate of drug-likeness (QED) is 0.166. The van der Waals surface area contributed by atoms with Gasteiger partial charge in [-0.3, -0.25) is 14.8 Å². The summed E-state index contributed by atoms with van der Waals surface area (Å²) in [6.07, 6.45) is 3.98. The largest absolute Gasteiger partial charge is 0.467 e. The lowest BCUT2D eigenvalue weighted by molar-refractivity contribution is -0.143. The number of hydrogen-bond acceptors (Lipinski definition) is 10. The van der Waals surface area contributed by atoms with Crippen molar-refractivity contribution in [3.8, 4) is 11.1 Å². The number of fused-ring (bicyclic) bond motifs is 2. The Morgan fingerprint density at radius 1 is 0.922 bits per heavy atom. The Hall–Kier alpha value is -5.88. The fourth-order valence-electron chi connectivity index (χ4n) is 6.18. The van der Waals surface area contributed by atoms with Gasteiger partial charge in [0.25, 0.3) is 5.91 Å². The number of para-hydroxylation sites is 1. The Balaban J connectivity index is 1.20. The average molecular weight is 701 g/mol. The second kappa shape index (κ2) is 13.8. The summed E-state index contributed by atoms with van der Waals surface area (Å²) < 4.78 is 13.4. The first-order chi connectivity index (χ1) is 24.6. The number of benzene rings is 3. The Labute approximate surface area is 298 Å². The molecule has 0 aliphatic carbocycles. The summed E-state index contributed by atoms with van der Waals surface area (Å²) in [5.41, 5.74) is 4.51. The number of hydrogen-bond donors (Lipinski definition) is 1. The van der Waals surface area contributed by atoms with Crippen molar-refractivity contribution in [3.63, 3.8) is 0 Å². The van der Waals surface area contributed by atoms with Crippen molar-refractivity contribution in [2.24, 2.45) is 0 Å². The van der Waals surface area contributed by atoms with Crippen LogP contribution in [0.25, 0.3) is 21.3 Å². The Kier molecular flexibility index (Phi) is 9.09. The number of methoxy groups -OCH3 is 1. The summed E-state index contributed by atoms with van der Waals surface area (Å²) >= 11 is 1.43. The lowest BCUT2D eigenvalue weighted by Gasteiger charge is -2.31. The van der Waals surface area contributed by atoms with Gasteiger partial charge in [0.2, 0.25) is 0 Å². The van der Waals surface area contributed by atoms with Crippen LogP contribution in [0.4, 0.5) is 10.9 Å². The number of nitrogens with zero attached hydrogens (tertiary/aromatic N) is 5. The fraction of sp³-hybridized carbons (Fsp3) is 0.231. The lowest BCUT2D eigenvalue weighted by Crippen LogP contribution is -2.33. The molecule has 0 spiro atoms. The number of esters is 2. The molecule has 7 rings (SSSR count). The van der Waals surface area contributed by atoms with Crippen LogP contribution < -0.4 is 10.2 Å². The molecule has 11 nitrogen and oxygen atoms in total. The zero-order valence-corrected chi connectivity index (χ0v) is 29.4. The second-order valence-corrected chi connectivity index (χ2v) is 14.2. The Bertz CT molecular complexity index is 2220. The summed E-state index contributed by atoms with van der Waals surface area (Å²) in [6.45, 7) is 6.45. The van der Waals surface area contributed by atoms with Gasteiger partial charge in [-0.1, -0.05) is 65.9 Å². The molecule has 3 aromatic carbocycles. The van der Waals surface area contributed by atoms with Crippen molar-refractivity contribution in [2.75, 3.05) is 23.9 Å². The minimum absolute atomic E-state index is 0.115. The van der Waals surface area contributed by atoms with Crippen LogP contribution in [0.1, 0.15) is 64.3 Å². The standard InChI is InChI=1S/C39H36N6O5S/c1-39(2,3)50-36(47)33-27(26-21-40-45(22-26)34(37(48)49-4)25-11-6-5-7-12-25)17-18-32(42-33)44-20-19-24-13-10-14-28(29(24)23-44)35(46)43-38-41-30-15-8-9-16-31(30)51-38/h5-18,21-22,34H,19-20,23H2,1-4H3,(H,41,43,46). The number of amides is 1. The van der Waals surface area contributed by atoms with Crippen LogP contribution in [-0.2, 0) is 27.2 Å². The predicted octanol–water partition coefficient (Wildman–Crippen LogP) is 7.09. The van der Waals surface area contributed by atoms with Crippen LogP contribution >= 0.6 is 11.3 Å². The first kappa shape index (κ1) is 33.6. The monoisotopic (exact) mass is 700 g/mol. The van der Waals surface area contributed by atoms with Crippen molar-refractivity contribution >= 4 is 50.3 Å². The second-order valence-electron chi connectivity index (χ2n) is 13.2. The number of carbonyl (C=O) groups is 3. The first-order valence-corrected chi connectivity index (χ1v) is 17.3. The summed E-state index contributed by atoms with van der Waals surface area (Å²) in [6, 6.07) is 25.6. The number of ether oxygens (including phenoxy) is 2. The predicted molar refractivity (Wildman–Crippen MR) is 196 cm³/mol. The van der Waals surface area contributed by atoms with Crippen molar-refractivity contribution < 1.29 is 23.9 Å². The van der Waals surface area contributed by atoms with Gasteiger partial charge in [-0.2, -0.15) is 5.10 Å². The molecule has 0 saturated carbocycles. The number of anilines is 2. The number of thiazole rings is 1. The molecule has 1 unspecified atom stereocenters. The number of pyridine rings is 1. The molecular weight excluding hydrogens is 665 g/mol. The molecule has 0 radical (unpaired) electrons. The molecule has 0 saturated heterocycles. The molecule has 1 aliphatic rings. The van der Waals surface area contributed by atoms with E-state index in [4.69, 9.17) is 14.5 Å². The van der Waals surface area contributed by atoms with Crippen LogP contribution in [0.15, 0.2) is 97.3 Å². The molecule has 0 bridgehead atoms. The maximum absolute atomic E-state index is 13.7. The van der Waals surface area contributed by atoms with Gasteiger partial charge >= 0.3 is 11.9 Å². The average Bonchev–Trinajstić information content (AvgIpc) is 3.78. The minimum Gasteiger partial charge on any atom is -0.467 e. The van der Waals surface area contributed by atoms with Gasteiger partial charge in [-0.15, -0.1) is 0 Å². The van der Waals surface area contributed by atoms with Gasteiger partial charge in [0.15, 0.2) is 16.9 Å². The van der Waals surface area contributed by atoms with Crippen molar-refractivity contribution in [1.82, 2.24) is 19.7 Å². The van der Waals surface area contributed by atoms with Gasteiger partial charge in [-0.05, 0) is 74.2 Å². The van der Waals surface area contributed by atoms with Crippen molar-refractivity contribution in [3.05, 3.63) is 125 Å². The maximum Gasteiger partial charge on any atom is 0.358 e. The summed E-state index contributed by atoms with van der Waals surface area (Å²) in [5, 5.41) is 8.03. The normalized spacial score (nSPS) is 13.4. The zero-order chi connectivity index (χ0) is 35.7. The third-order valence-corrected chi connectivity index (χ3v) is 9.50. The van der Waals surface area contributed by atoms with E-state index < -0.39 is 23.6 Å². The van der Waals surface area contributed by atoms with Crippen molar-refractivity contribution in [1.29, 1.82) is 0 Å². The molecule has 51 heavy (non-hydrogen) atoms. The number of aromatic nitrogens is 4. The van der Waals surface area contributed by atoms with Gasteiger partial charge in [0, 0.05) is 36.0 Å². The highest BCUT2D eigenvalue weighted by Crippen LogP contribution is 2.33. The maximum atomic E-state index is 13.7. The van der Waals surface area contributed by atoms with Crippen LogP contribution in [-0.4, -0.2) is 56.8 Å². The van der Waals surface area contributed by atoms with Crippen LogP contribution in [0.3, 0.4) is 0 Å². The fourth-order valence-corrected chi connectivity index (χ4v) is 7.04. The van der Waals surface area contributed by atoms with E-state index >= 15 is 0 Å². The third-order valence-electron chi connectivity index (χ3n) is 8.55. The van der Waals surface area contributed by atoms with Crippen molar-refractivity contribution in [2.45, 2.75) is 45.4 Å². The summed E-state index contributed by atoms with van der Waals surface area (Å²) in [4.78, 5) is 51.7. The summed E-state index contributed by atoms with van der Waals surface area (Å²) in [7, 11) is 1.34. The highest BCUT2D eigenvalue weighted by Gasteiger charge is 2.29. The molecule has 1 N–H and O–H groups in total. The van der Waals surface area contributed by atoms with Crippen LogP contribution in [0.2, 0.25) is 0 Å². The Morgan fingerprint density at radius 3 is 2.47 bits per heavy atom. The molecule has 258 valence electrons. The van der Waals surface area contributed by atoms with Gasteiger partial charge < -0.3 is 14.4 Å². The molecular formula is C39H36N6O5S. The Morgan fingerprint density at radius 2 is 1.71 bits per heavy atom. The lowest BCUT2D eigenvalue weighted by atomic mass is 9.94. The molecule has 0 fully saturated rings. The van der Waals surface area contributed by atoms with Crippen LogP contribution in [0, 0.1) is 0 Å². The van der Waals surface area contributed by atoms with Crippen LogP contribution in [0.5, 0.6) is 0 Å². The van der Waals surface area contributed by atoms with Gasteiger partial charge in [0.05, 0.1) is 23.5 Å². The topological polar surface area (TPSA) is 129 Å². The SMILES string of the molecule is COC(=O)C(c1ccccc1)n1cc(-c2ccc(N3CCc4cccc(C(=O)Nc5nc6ccccc6s5)c4C3)nc2C(=O)OC(C)(C)C)cn1. The van der Waals surface area contributed by atoms with Gasteiger partial charge in [-0.25, -0.2) is 19.6 Å². The van der Waals surface area contributed by atoms with E-state index in [2.05, 4.69) is 20.3 Å². The zero-order valence-electron chi connectivity index (χ0n) is 28.6. The molecule has 1 amide bonds. The third kappa shape index (κ3) is 7.08. The molecule has 3 aromatic heterocycles. The highest BCUT2D eigenvalue weighted by molar-refractivity contribution is 7.22. The van der Waals surface area contributed by atoms with Gasteiger partial charge in [0.1, 0.15) is 11.4 Å². The van der Waals surface area contributed by atoms with E-state index in [1.807, 2.05) is 84.9 Å². The number of rotatable bonds is 8. The van der Waals surface area contributed by atoms with E-state index in [-0.39, 0.29) is 11.6 Å². The number of nitrogens with one attached hydrogen (secondary N) is 1. The van der Waals surface area contributed by atoms with E-state index in [1.165, 1.54) is 23.1 Å². The first-order valence-electron chi connectivity index (χ1n) is 16.5. The van der Waals surface area contributed by atoms with E-state index in [1.54, 1.807) is 33.2 Å². The molecule has 12 heteroatoms. The molecule has 1 aliphatic heterocycles. The minimum atomic E-state index is -0.823. The van der Waals surface area contributed by atoms with E-state index in [0.29, 0.717) is 52.7 Å². The molecule has 6 aromatic rings.